The molecule has 5 nitrogen and oxygen atoms in total. The number of hydrogen-bond acceptors (Lipinski definition) is 3. The molecule has 0 spiro atoms. The number of carbonyl (C=O) groups is 2. The van der Waals surface area contributed by atoms with E-state index < -0.39 is 11.9 Å². The van der Waals surface area contributed by atoms with Gasteiger partial charge < -0.3 is 15.2 Å². The molecule has 0 radical (unpaired) electrons. The highest BCUT2D eigenvalue weighted by atomic mass is 16.5. The lowest BCUT2D eigenvalue weighted by molar-refractivity contribution is -0.140. The maximum atomic E-state index is 12.2. The average Bonchev–Trinajstić information content (AvgIpc) is 2.88. The first-order valence-corrected chi connectivity index (χ1v) is 6.55. The summed E-state index contributed by atoms with van der Waals surface area (Å²) in [5.41, 5.74) is 0.460. The van der Waals surface area contributed by atoms with Crippen molar-refractivity contribution in [3.05, 3.63) is 42.0 Å². The fourth-order valence-corrected chi connectivity index (χ4v) is 2.17. The molecule has 2 rings (SSSR count). The quantitative estimate of drug-likeness (QED) is 0.804. The minimum atomic E-state index is -0.868. The highest BCUT2D eigenvalue weighted by molar-refractivity contribution is 5.97. The van der Waals surface area contributed by atoms with Gasteiger partial charge >= 0.3 is 5.97 Å². The molecule has 2 unspecified atom stereocenters. The standard InChI is InChI=1S/C15H17NO4/c1-2-20-13-6-4-3-5-12(13)14(17)16-11-8-7-10(9-11)15(18)19/h3-8,10-11H,2,9H2,1H3,(H,16,17)(H,18,19). The van der Waals surface area contributed by atoms with Crippen LogP contribution in [0.4, 0.5) is 0 Å². The summed E-state index contributed by atoms with van der Waals surface area (Å²) in [6.07, 6.45) is 3.72. The number of ether oxygens (including phenoxy) is 1. The number of hydrogen-bond donors (Lipinski definition) is 2. The Morgan fingerprint density at radius 2 is 2.10 bits per heavy atom. The molecule has 1 amide bonds. The van der Waals surface area contributed by atoms with Gasteiger partial charge in [-0.25, -0.2) is 0 Å². The summed E-state index contributed by atoms with van der Waals surface area (Å²) in [6, 6.07) is 6.74. The van der Waals surface area contributed by atoms with Crippen LogP contribution in [0.15, 0.2) is 36.4 Å². The molecule has 2 atom stereocenters. The number of rotatable bonds is 5. The molecule has 20 heavy (non-hydrogen) atoms. The van der Waals surface area contributed by atoms with E-state index in [2.05, 4.69) is 5.32 Å². The van der Waals surface area contributed by atoms with E-state index in [1.165, 1.54) is 0 Å². The molecule has 0 saturated carbocycles. The monoisotopic (exact) mass is 275 g/mol. The number of carbonyl (C=O) groups excluding carboxylic acids is 1. The largest absolute Gasteiger partial charge is 0.493 e. The first-order chi connectivity index (χ1) is 9.61. The summed E-state index contributed by atoms with van der Waals surface area (Å²) >= 11 is 0. The maximum absolute atomic E-state index is 12.2. The molecule has 2 N–H and O–H groups in total. The van der Waals surface area contributed by atoms with Gasteiger partial charge in [-0.2, -0.15) is 0 Å². The summed E-state index contributed by atoms with van der Waals surface area (Å²) in [5, 5.41) is 11.7. The highest BCUT2D eigenvalue weighted by Crippen LogP contribution is 2.21. The first kappa shape index (κ1) is 14.1. The molecule has 1 aliphatic carbocycles. The Morgan fingerprint density at radius 3 is 2.75 bits per heavy atom. The second-order valence-electron chi connectivity index (χ2n) is 4.57. The summed E-state index contributed by atoms with van der Waals surface area (Å²) in [5.74, 6) is -1.12. The van der Waals surface area contributed by atoms with Crippen LogP contribution in [0.25, 0.3) is 0 Å². The van der Waals surface area contributed by atoms with Crippen molar-refractivity contribution in [2.45, 2.75) is 19.4 Å². The molecule has 0 saturated heterocycles. The van der Waals surface area contributed by atoms with E-state index >= 15 is 0 Å². The van der Waals surface area contributed by atoms with Crippen LogP contribution >= 0.6 is 0 Å². The zero-order valence-electron chi connectivity index (χ0n) is 11.2. The van der Waals surface area contributed by atoms with Crippen molar-refractivity contribution in [1.29, 1.82) is 0 Å². The van der Waals surface area contributed by atoms with Crippen molar-refractivity contribution in [3.8, 4) is 5.75 Å². The van der Waals surface area contributed by atoms with Crippen LogP contribution in [0.5, 0.6) is 5.75 Å². The Labute approximate surface area is 117 Å². The third-order valence-electron chi connectivity index (χ3n) is 3.15. The molecule has 0 bridgehead atoms. The van der Waals surface area contributed by atoms with E-state index in [9.17, 15) is 9.59 Å². The van der Waals surface area contributed by atoms with Gasteiger partial charge in [0.1, 0.15) is 5.75 Å². The molecule has 0 heterocycles. The molecular weight excluding hydrogens is 258 g/mol. The third kappa shape index (κ3) is 3.17. The summed E-state index contributed by atoms with van der Waals surface area (Å²) in [4.78, 5) is 23.1. The predicted molar refractivity (Wildman–Crippen MR) is 73.7 cm³/mol. The fourth-order valence-electron chi connectivity index (χ4n) is 2.17. The summed E-state index contributed by atoms with van der Waals surface area (Å²) < 4.78 is 5.41. The normalized spacial score (nSPS) is 20.6. The SMILES string of the molecule is CCOc1ccccc1C(=O)NC1C=CC(C(=O)O)C1. The Kier molecular flexibility index (Phi) is 4.40. The fraction of sp³-hybridized carbons (Fsp3) is 0.333. The number of nitrogens with one attached hydrogen (secondary N) is 1. The van der Waals surface area contributed by atoms with Gasteiger partial charge in [0.15, 0.2) is 0 Å². The molecule has 106 valence electrons. The van der Waals surface area contributed by atoms with Gasteiger partial charge in [-0.3, -0.25) is 9.59 Å². The summed E-state index contributed by atoms with van der Waals surface area (Å²) in [6.45, 7) is 2.33. The third-order valence-corrected chi connectivity index (χ3v) is 3.15. The molecule has 1 aromatic rings. The molecule has 0 aliphatic heterocycles. The van der Waals surface area contributed by atoms with Crippen LogP contribution in [-0.4, -0.2) is 29.6 Å². The van der Waals surface area contributed by atoms with E-state index in [4.69, 9.17) is 9.84 Å². The molecule has 0 aromatic heterocycles. The number of aliphatic carboxylic acids is 1. The van der Waals surface area contributed by atoms with Crippen molar-refractivity contribution in [3.63, 3.8) is 0 Å². The van der Waals surface area contributed by atoms with Crippen LogP contribution < -0.4 is 10.1 Å². The van der Waals surface area contributed by atoms with E-state index in [0.717, 1.165) is 0 Å². The van der Waals surface area contributed by atoms with Gasteiger partial charge in [-0.1, -0.05) is 24.3 Å². The zero-order valence-corrected chi connectivity index (χ0v) is 11.2. The number of para-hydroxylation sites is 1. The predicted octanol–water partition coefficient (Wildman–Crippen LogP) is 1.84. The second kappa shape index (κ2) is 6.23. The molecular formula is C15H17NO4. The minimum Gasteiger partial charge on any atom is -0.493 e. The van der Waals surface area contributed by atoms with Crippen molar-refractivity contribution >= 4 is 11.9 Å². The van der Waals surface area contributed by atoms with Gasteiger partial charge in [-0.05, 0) is 25.5 Å². The number of carboxylic acids is 1. The topological polar surface area (TPSA) is 75.6 Å². The first-order valence-electron chi connectivity index (χ1n) is 6.55. The average molecular weight is 275 g/mol. The van der Waals surface area contributed by atoms with Crippen molar-refractivity contribution in [2.24, 2.45) is 5.92 Å². The van der Waals surface area contributed by atoms with Gasteiger partial charge in [0.2, 0.25) is 0 Å². The Hall–Kier alpha value is -2.30. The van der Waals surface area contributed by atoms with E-state index in [1.54, 1.807) is 36.4 Å². The lowest BCUT2D eigenvalue weighted by atomic mass is 10.1. The molecule has 1 aromatic carbocycles. The van der Waals surface area contributed by atoms with Crippen LogP contribution in [0, 0.1) is 5.92 Å². The number of amides is 1. The zero-order chi connectivity index (χ0) is 14.5. The molecule has 1 aliphatic rings. The van der Waals surface area contributed by atoms with Gasteiger partial charge in [-0.15, -0.1) is 0 Å². The van der Waals surface area contributed by atoms with E-state index in [1.807, 2.05) is 6.92 Å². The molecule has 5 heteroatoms. The lowest BCUT2D eigenvalue weighted by Crippen LogP contribution is -2.33. The second-order valence-corrected chi connectivity index (χ2v) is 4.57. The van der Waals surface area contributed by atoms with E-state index in [0.29, 0.717) is 24.3 Å². The van der Waals surface area contributed by atoms with Gasteiger partial charge in [0.05, 0.1) is 18.1 Å². The molecule has 0 fully saturated rings. The lowest BCUT2D eigenvalue weighted by Gasteiger charge is -2.14. The van der Waals surface area contributed by atoms with Gasteiger partial charge in [0.25, 0.3) is 5.91 Å². The Morgan fingerprint density at radius 1 is 1.35 bits per heavy atom. The van der Waals surface area contributed by atoms with Gasteiger partial charge in [0, 0.05) is 6.04 Å². The number of benzene rings is 1. The van der Waals surface area contributed by atoms with E-state index in [-0.39, 0.29) is 11.9 Å². The summed E-state index contributed by atoms with van der Waals surface area (Å²) in [7, 11) is 0. The minimum absolute atomic E-state index is 0.252. The van der Waals surface area contributed by atoms with Crippen LogP contribution in [0.1, 0.15) is 23.7 Å². The Balaban J connectivity index is 2.03. The maximum Gasteiger partial charge on any atom is 0.310 e. The highest BCUT2D eigenvalue weighted by Gasteiger charge is 2.26. The van der Waals surface area contributed by atoms with Crippen LogP contribution in [0.3, 0.4) is 0 Å². The van der Waals surface area contributed by atoms with Crippen molar-refractivity contribution in [2.75, 3.05) is 6.61 Å². The van der Waals surface area contributed by atoms with Crippen LogP contribution in [-0.2, 0) is 4.79 Å². The Bertz CT molecular complexity index is 538. The van der Waals surface area contributed by atoms with Crippen LogP contribution in [0.2, 0.25) is 0 Å². The number of carboxylic acid groups (broad SMARTS) is 1. The van der Waals surface area contributed by atoms with Crippen molar-refractivity contribution < 1.29 is 19.4 Å². The van der Waals surface area contributed by atoms with Crippen molar-refractivity contribution in [1.82, 2.24) is 5.32 Å². The smallest absolute Gasteiger partial charge is 0.310 e.